The molecule has 0 amide bonds. The molecule has 3 aromatic rings. The SMILES string of the molecule is NC1(c2noc(-c3sccc3-n3cnnn3)n2)CCCC1. The van der Waals surface area contributed by atoms with Crippen LogP contribution >= 0.6 is 11.3 Å². The molecule has 4 rings (SSSR count). The third kappa shape index (κ3) is 2.05. The molecular formula is C12H13N7OS. The van der Waals surface area contributed by atoms with Crippen molar-refractivity contribution in [3.8, 4) is 16.5 Å². The maximum atomic E-state index is 6.36. The third-order valence-corrected chi connectivity index (χ3v) is 4.69. The van der Waals surface area contributed by atoms with Gasteiger partial charge in [0.1, 0.15) is 11.2 Å². The van der Waals surface area contributed by atoms with Crippen molar-refractivity contribution in [3.05, 3.63) is 23.6 Å². The van der Waals surface area contributed by atoms with Gasteiger partial charge < -0.3 is 10.3 Å². The molecule has 0 atom stereocenters. The van der Waals surface area contributed by atoms with E-state index >= 15 is 0 Å². The van der Waals surface area contributed by atoms with Crippen molar-refractivity contribution < 1.29 is 4.52 Å². The standard InChI is InChI=1S/C12H13N7OS/c13-12(4-1-2-5-12)11-15-10(20-16-11)9-8(3-6-21-9)19-7-14-17-18-19/h3,6-7H,1-2,4-5,13H2. The maximum Gasteiger partial charge on any atom is 0.270 e. The van der Waals surface area contributed by atoms with E-state index in [-0.39, 0.29) is 0 Å². The van der Waals surface area contributed by atoms with Crippen LogP contribution < -0.4 is 5.73 Å². The average Bonchev–Trinajstić information content (AvgIpc) is 3.25. The molecule has 0 aromatic carbocycles. The predicted octanol–water partition coefficient (Wildman–Crippen LogP) is 1.50. The summed E-state index contributed by atoms with van der Waals surface area (Å²) in [5, 5.41) is 17.2. The fraction of sp³-hybridized carbons (Fsp3) is 0.417. The first-order valence-electron chi connectivity index (χ1n) is 6.71. The molecular weight excluding hydrogens is 290 g/mol. The molecule has 0 unspecified atom stereocenters. The lowest BCUT2D eigenvalue weighted by molar-refractivity contribution is 0.373. The van der Waals surface area contributed by atoms with Crippen LogP contribution in [0.5, 0.6) is 0 Å². The minimum Gasteiger partial charge on any atom is -0.333 e. The number of tetrazole rings is 1. The summed E-state index contributed by atoms with van der Waals surface area (Å²) in [4.78, 5) is 5.34. The Morgan fingerprint density at radius 1 is 1.33 bits per heavy atom. The second-order valence-corrected chi connectivity index (χ2v) is 6.09. The van der Waals surface area contributed by atoms with E-state index in [1.165, 1.54) is 17.7 Å². The molecule has 0 spiro atoms. The first-order chi connectivity index (χ1) is 10.3. The minimum atomic E-state index is -0.450. The Labute approximate surface area is 124 Å². The fourth-order valence-corrected chi connectivity index (χ4v) is 3.46. The Bertz CT molecular complexity index is 741. The number of nitrogens with zero attached hydrogens (tertiary/aromatic N) is 6. The average molecular weight is 303 g/mol. The molecule has 9 heteroatoms. The Morgan fingerprint density at radius 2 is 2.19 bits per heavy atom. The highest BCUT2D eigenvalue weighted by Crippen LogP contribution is 2.37. The summed E-state index contributed by atoms with van der Waals surface area (Å²) in [6, 6.07) is 1.91. The van der Waals surface area contributed by atoms with Gasteiger partial charge in [-0.1, -0.05) is 18.0 Å². The summed E-state index contributed by atoms with van der Waals surface area (Å²) < 4.78 is 6.99. The van der Waals surface area contributed by atoms with Gasteiger partial charge in [-0.05, 0) is 34.7 Å². The normalized spacial score (nSPS) is 17.4. The zero-order chi connectivity index (χ0) is 14.3. The molecule has 3 aromatic heterocycles. The largest absolute Gasteiger partial charge is 0.333 e. The van der Waals surface area contributed by atoms with Gasteiger partial charge >= 0.3 is 0 Å². The highest BCUT2D eigenvalue weighted by atomic mass is 32.1. The molecule has 2 N–H and O–H groups in total. The minimum absolute atomic E-state index is 0.450. The van der Waals surface area contributed by atoms with Crippen LogP contribution in [0.15, 0.2) is 22.3 Å². The Balaban J connectivity index is 1.72. The van der Waals surface area contributed by atoms with Crippen LogP contribution in [0.3, 0.4) is 0 Å². The summed E-state index contributed by atoms with van der Waals surface area (Å²) in [5.74, 6) is 1.05. The van der Waals surface area contributed by atoms with Crippen molar-refractivity contribution in [2.24, 2.45) is 5.73 Å². The summed E-state index contributed by atoms with van der Waals surface area (Å²) in [6.45, 7) is 0. The molecule has 0 saturated heterocycles. The van der Waals surface area contributed by atoms with E-state index in [4.69, 9.17) is 10.3 Å². The lowest BCUT2D eigenvalue weighted by Gasteiger charge is -2.17. The maximum absolute atomic E-state index is 6.36. The molecule has 0 radical (unpaired) electrons. The summed E-state index contributed by atoms with van der Waals surface area (Å²) in [6.07, 6.45) is 5.54. The number of nitrogens with two attached hydrogens (primary N) is 1. The van der Waals surface area contributed by atoms with E-state index in [1.54, 1.807) is 4.68 Å². The Kier molecular flexibility index (Phi) is 2.82. The molecule has 108 valence electrons. The number of aromatic nitrogens is 6. The highest BCUT2D eigenvalue weighted by Gasteiger charge is 2.36. The summed E-state index contributed by atoms with van der Waals surface area (Å²) in [7, 11) is 0. The van der Waals surface area contributed by atoms with Gasteiger partial charge in [0.2, 0.25) is 0 Å². The number of rotatable bonds is 3. The van der Waals surface area contributed by atoms with E-state index in [1.807, 2.05) is 11.4 Å². The Morgan fingerprint density at radius 3 is 2.95 bits per heavy atom. The van der Waals surface area contributed by atoms with Gasteiger partial charge in [0.15, 0.2) is 5.82 Å². The van der Waals surface area contributed by atoms with E-state index in [0.29, 0.717) is 11.7 Å². The van der Waals surface area contributed by atoms with Gasteiger partial charge in [0, 0.05) is 0 Å². The fourth-order valence-electron chi connectivity index (χ4n) is 2.66. The van der Waals surface area contributed by atoms with Gasteiger partial charge in [-0.15, -0.1) is 16.4 Å². The third-order valence-electron chi connectivity index (χ3n) is 3.80. The first kappa shape index (κ1) is 12.6. The van der Waals surface area contributed by atoms with Gasteiger partial charge in [-0.2, -0.15) is 9.67 Å². The summed E-state index contributed by atoms with van der Waals surface area (Å²) >= 11 is 1.50. The highest BCUT2D eigenvalue weighted by molar-refractivity contribution is 7.14. The van der Waals surface area contributed by atoms with Gasteiger partial charge in [-0.25, -0.2) is 0 Å². The van der Waals surface area contributed by atoms with Crippen LogP contribution in [0.1, 0.15) is 31.5 Å². The van der Waals surface area contributed by atoms with Crippen molar-refractivity contribution in [2.75, 3.05) is 0 Å². The van der Waals surface area contributed by atoms with Crippen molar-refractivity contribution in [1.29, 1.82) is 0 Å². The van der Waals surface area contributed by atoms with Crippen LogP contribution in [-0.2, 0) is 5.54 Å². The molecule has 1 aliphatic rings. The number of thiophene rings is 1. The van der Waals surface area contributed by atoms with Crippen molar-refractivity contribution in [1.82, 2.24) is 30.3 Å². The van der Waals surface area contributed by atoms with E-state index in [0.717, 1.165) is 36.2 Å². The van der Waals surface area contributed by atoms with Crippen molar-refractivity contribution in [3.63, 3.8) is 0 Å². The first-order valence-corrected chi connectivity index (χ1v) is 7.58. The van der Waals surface area contributed by atoms with Crippen LogP contribution in [0.4, 0.5) is 0 Å². The predicted molar refractivity (Wildman–Crippen MR) is 74.7 cm³/mol. The second kappa shape index (κ2) is 4.71. The zero-order valence-electron chi connectivity index (χ0n) is 11.1. The van der Waals surface area contributed by atoms with Gasteiger partial charge in [0.05, 0.1) is 11.2 Å². The van der Waals surface area contributed by atoms with E-state index < -0.39 is 5.54 Å². The molecule has 21 heavy (non-hydrogen) atoms. The molecule has 8 nitrogen and oxygen atoms in total. The lowest BCUT2D eigenvalue weighted by atomic mass is 9.99. The number of hydrogen-bond donors (Lipinski definition) is 1. The van der Waals surface area contributed by atoms with Crippen LogP contribution in [0.2, 0.25) is 0 Å². The van der Waals surface area contributed by atoms with Crippen LogP contribution in [-0.4, -0.2) is 30.3 Å². The molecule has 1 fully saturated rings. The molecule has 1 aliphatic carbocycles. The smallest absolute Gasteiger partial charge is 0.270 e. The van der Waals surface area contributed by atoms with Gasteiger partial charge in [0.25, 0.3) is 5.89 Å². The van der Waals surface area contributed by atoms with E-state index in [2.05, 4.69) is 25.7 Å². The zero-order valence-corrected chi connectivity index (χ0v) is 12.0. The molecule has 3 heterocycles. The monoisotopic (exact) mass is 303 g/mol. The topological polar surface area (TPSA) is 109 Å². The van der Waals surface area contributed by atoms with Crippen molar-refractivity contribution >= 4 is 11.3 Å². The van der Waals surface area contributed by atoms with Gasteiger partial charge in [-0.3, -0.25) is 0 Å². The molecule has 0 aliphatic heterocycles. The molecule has 0 bridgehead atoms. The van der Waals surface area contributed by atoms with Crippen molar-refractivity contribution in [2.45, 2.75) is 31.2 Å². The molecule has 1 saturated carbocycles. The van der Waals surface area contributed by atoms with Crippen LogP contribution in [0.25, 0.3) is 16.5 Å². The number of hydrogen-bond acceptors (Lipinski definition) is 8. The lowest BCUT2D eigenvalue weighted by Crippen LogP contribution is -2.34. The summed E-state index contributed by atoms with van der Waals surface area (Å²) in [5.41, 5.74) is 6.73. The van der Waals surface area contributed by atoms with E-state index in [9.17, 15) is 0 Å². The van der Waals surface area contributed by atoms with Crippen LogP contribution in [0, 0.1) is 0 Å². The second-order valence-electron chi connectivity index (χ2n) is 5.18. The quantitative estimate of drug-likeness (QED) is 0.781. The Hall–Kier alpha value is -2.13.